The van der Waals surface area contributed by atoms with Crippen molar-refractivity contribution in [2.24, 2.45) is 0 Å². The zero-order chi connectivity index (χ0) is 24.4. The van der Waals surface area contributed by atoms with Crippen LogP contribution in [0, 0.1) is 24.0 Å². The third-order valence-corrected chi connectivity index (χ3v) is 5.58. The highest BCUT2D eigenvalue weighted by atomic mass is 16.6. The Kier molecular flexibility index (Phi) is 6.01. The molecule has 172 valence electrons. The van der Waals surface area contributed by atoms with E-state index in [-0.39, 0.29) is 35.1 Å². The summed E-state index contributed by atoms with van der Waals surface area (Å²) < 4.78 is 0. The number of phenols is 1. The van der Waals surface area contributed by atoms with Gasteiger partial charge in [0.25, 0.3) is 11.6 Å². The number of benzene rings is 3. The largest absolute Gasteiger partial charge is 0.506 e. The number of hydrogen-bond acceptors (Lipinski definition) is 5. The number of aryl methyl sites for hydroxylation is 2. The lowest BCUT2D eigenvalue weighted by atomic mass is 10.1. The van der Waals surface area contributed by atoms with Gasteiger partial charge in [0.15, 0.2) is 0 Å². The number of rotatable bonds is 5. The van der Waals surface area contributed by atoms with Crippen LogP contribution in [0.2, 0.25) is 0 Å². The summed E-state index contributed by atoms with van der Waals surface area (Å²) in [7, 11) is 0. The fourth-order valence-corrected chi connectivity index (χ4v) is 3.77. The van der Waals surface area contributed by atoms with Gasteiger partial charge in [-0.15, -0.1) is 0 Å². The van der Waals surface area contributed by atoms with E-state index in [4.69, 9.17) is 0 Å². The Balaban J connectivity index is 1.53. The summed E-state index contributed by atoms with van der Waals surface area (Å²) in [4.78, 5) is 37.3. The molecule has 0 atom stereocenters. The fraction of sp³-hybridized carbons (Fsp3) is 0.120. The second-order valence-corrected chi connectivity index (χ2v) is 7.89. The number of phenolic OH excluding ortho intramolecular Hbond substituents is 1. The van der Waals surface area contributed by atoms with E-state index >= 15 is 0 Å². The molecule has 3 N–H and O–H groups in total. The van der Waals surface area contributed by atoms with Gasteiger partial charge in [0.2, 0.25) is 0 Å². The lowest BCUT2D eigenvalue weighted by Gasteiger charge is -2.28. The molecule has 0 aromatic heterocycles. The summed E-state index contributed by atoms with van der Waals surface area (Å²) in [5.74, 6) is -0.605. The van der Waals surface area contributed by atoms with Gasteiger partial charge in [-0.3, -0.25) is 19.8 Å². The summed E-state index contributed by atoms with van der Waals surface area (Å²) in [6.45, 7) is 3.92. The predicted molar refractivity (Wildman–Crippen MR) is 129 cm³/mol. The maximum absolute atomic E-state index is 12.7. The SMILES string of the molecule is Cc1cccc(C)c1NC(=O)c1ccc(N2CC=C(c3cccc([N+](=O)[O-])c3)NC2=O)c(O)c1. The lowest BCUT2D eigenvalue weighted by Crippen LogP contribution is -2.43. The van der Waals surface area contributed by atoms with E-state index in [1.807, 2.05) is 32.0 Å². The topological polar surface area (TPSA) is 125 Å². The van der Waals surface area contributed by atoms with Crippen LogP contribution in [0.1, 0.15) is 27.0 Å². The third-order valence-electron chi connectivity index (χ3n) is 5.58. The van der Waals surface area contributed by atoms with E-state index in [9.17, 15) is 24.8 Å². The molecule has 3 amide bonds. The van der Waals surface area contributed by atoms with E-state index in [0.29, 0.717) is 16.9 Å². The Morgan fingerprint density at radius 3 is 2.44 bits per heavy atom. The highest BCUT2D eigenvalue weighted by molar-refractivity contribution is 6.06. The summed E-state index contributed by atoms with van der Waals surface area (Å²) in [5, 5.41) is 27.1. The number of nitro groups is 1. The van der Waals surface area contributed by atoms with Gasteiger partial charge >= 0.3 is 6.03 Å². The normalized spacial score (nSPS) is 13.2. The number of nitro benzene ring substituents is 1. The minimum atomic E-state index is -0.507. The molecule has 1 aliphatic heterocycles. The van der Waals surface area contributed by atoms with Gasteiger partial charge in [-0.25, -0.2) is 4.79 Å². The molecule has 3 aromatic rings. The maximum Gasteiger partial charge on any atom is 0.326 e. The Bertz CT molecular complexity index is 1330. The van der Waals surface area contributed by atoms with Crippen molar-refractivity contribution in [3.8, 4) is 5.75 Å². The van der Waals surface area contributed by atoms with Crippen LogP contribution in [0.4, 0.5) is 21.9 Å². The van der Waals surface area contributed by atoms with Crippen LogP contribution in [-0.2, 0) is 0 Å². The van der Waals surface area contributed by atoms with Crippen molar-refractivity contribution in [2.45, 2.75) is 13.8 Å². The zero-order valence-corrected chi connectivity index (χ0v) is 18.5. The summed E-state index contributed by atoms with van der Waals surface area (Å²) in [6, 6.07) is 15.5. The van der Waals surface area contributed by atoms with Gasteiger partial charge in [-0.2, -0.15) is 0 Å². The molecule has 3 aromatic carbocycles. The van der Waals surface area contributed by atoms with Crippen LogP contribution in [0.15, 0.2) is 66.7 Å². The average Bonchev–Trinajstić information content (AvgIpc) is 2.81. The van der Waals surface area contributed by atoms with Crippen LogP contribution in [0.3, 0.4) is 0 Å². The quantitative estimate of drug-likeness (QED) is 0.376. The van der Waals surface area contributed by atoms with Crippen molar-refractivity contribution in [3.05, 3.63) is 99.1 Å². The number of non-ortho nitro benzene ring substituents is 1. The van der Waals surface area contributed by atoms with Crippen LogP contribution in [-0.4, -0.2) is 28.5 Å². The van der Waals surface area contributed by atoms with Gasteiger partial charge in [0.05, 0.1) is 10.6 Å². The second kappa shape index (κ2) is 9.07. The highest BCUT2D eigenvalue weighted by Crippen LogP contribution is 2.31. The standard InChI is InChI=1S/C25H22N4O5/c1-15-5-3-6-16(2)23(15)27-24(31)18-9-10-21(22(30)14-18)28-12-11-20(26-25(28)32)17-7-4-8-19(13-17)29(33)34/h3-11,13-14,30H,12H2,1-2H3,(H,26,32)(H,27,31). The molecule has 0 spiro atoms. The van der Waals surface area contributed by atoms with E-state index in [2.05, 4.69) is 10.6 Å². The van der Waals surface area contributed by atoms with Gasteiger partial charge in [-0.05, 0) is 49.2 Å². The van der Waals surface area contributed by atoms with E-state index in [0.717, 1.165) is 11.1 Å². The highest BCUT2D eigenvalue weighted by Gasteiger charge is 2.25. The number of nitrogens with zero attached hydrogens (tertiary/aromatic N) is 2. The average molecular weight is 458 g/mol. The molecular formula is C25H22N4O5. The fourth-order valence-electron chi connectivity index (χ4n) is 3.77. The number of amides is 3. The first-order valence-corrected chi connectivity index (χ1v) is 10.5. The van der Waals surface area contributed by atoms with Crippen LogP contribution < -0.4 is 15.5 Å². The minimum absolute atomic E-state index is 0.0810. The number of anilines is 2. The maximum atomic E-state index is 12.7. The number of carbonyl (C=O) groups excluding carboxylic acids is 2. The summed E-state index contributed by atoms with van der Waals surface area (Å²) in [6.07, 6.45) is 1.70. The molecule has 0 aliphatic carbocycles. The van der Waals surface area contributed by atoms with Crippen LogP contribution in [0.25, 0.3) is 5.70 Å². The Morgan fingerprint density at radius 2 is 1.79 bits per heavy atom. The molecule has 1 heterocycles. The number of urea groups is 1. The van der Waals surface area contributed by atoms with E-state index in [1.165, 1.54) is 35.2 Å². The molecule has 9 heteroatoms. The molecule has 0 unspecified atom stereocenters. The number of hydrogen-bond donors (Lipinski definition) is 3. The summed E-state index contributed by atoms with van der Waals surface area (Å²) >= 11 is 0. The minimum Gasteiger partial charge on any atom is -0.506 e. The van der Waals surface area contributed by atoms with Crippen molar-refractivity contribution in [3.63, 3.8) is 0 Å². The Hall–Kier alpha value is -4.66. The first-order valence-electron chi connectivity index (χ1n) is 10.5. The zero-order valence-electron chi connectivity index (χ0n) is 18.5. The number of nitrogens with one attached hydrogen (secondary N) is 2. The monoisotopic (exact) mass is 458 g/mol. The Labute approximate surface area is 195 Å². The molecule has 1 aliphatic rings. The molecule has 34 heavy (non-hydrogen) atoms. The smallest absolute Gasteiger partial charge is 0.326 e. The van der Waals surface area contributed by atoms with E-state index < -0.39 is 11.0 Å². The van der Waals surface area contributed by atoms with E-state index in [1.54, 1.807) is 18.2 Å². The van der Waals surface area contributed by atoms with Gasteiger partial charge in [-0.1, -0.05) is 30.3 Å². The van der Waals surface area contributed by atoms with Crippen LogP contribution >= 0.6 is 0 Å². The van der Waals surface area contributed by atoms with Crippen molar-refractivity contribution < 1.29 is 19.6 Å². The molecule has 0 saturated carbocycles. The first kappa shape index (κ1) is 22.5. The first-order chi connectivity index (χ1) is 16.2. The molecule has 4 rings (SSSR count). The predicted octanol–water partition coefficient (Wildman–Crippen LogP) is 4.74. The summed E-state index contributed by atoms with van der Waals surface area (Å²) in [5.41, 5.74) is 3.90. The van der Waals surface area contributed by atoms with Crippen LogP contribution in [0.5, 0.6) is 5.75 Å². The molecule has 0 radical (unpaired) electrons. The van der Waals surface area contributed by atoms with Crippen molar-refractivity contribution >= 4 is 34.7 Å². The molecule has 0 bridgehead atoms. The Morgan fingerprint density at radius 1 is 1.09 bits per heavy atom. The lowest BCUT2D eigenvalue weighted by molar-refractivity contribution is -0.384. The molecule has 0 fully saturated rings. The number of para-hydroxylation sites is 1. The second-order valence-electron chi connectivity index (χ2n) is 7.89. The number of aromatic hydroxyl groups is 1. The van der Waals surface area contributed by atoms with Gasteiger partial charge in [0, 0.05) is 41.2 Å². The molecular weight excluding hydrogens is 436 g/mol. The number of carbonyl (C=O) groups is 2. The molecule has 0 saturated heterocycles. The van der Waals surface area contributed by atoms with Crippen molar-refractivity contribution in [1.29, 1.82) is 0 Å². The third kappa shape index (κ3) is 4.44. The molecule has 9 nitrogen and oxygen atoms in total. The van der Waals surface area contributed by atoms with Gasteiger partial charge < -0.3 is 15.7 Å². The van der Waals surface area contributed by atoms with Crippen molar-refractivity contribution in [1.82, 2.24) is 5.32 Å². The van der Waals surface area contributed by atoms with Gasteiger partial charge in [0.1, 0.15) is 5.75 Å². The van der Waals surface area contributed by atoms with Crippen molar-refractivity contribution in [2.75, 3.05) is 16.8 Å².